The van der Waals surface area contributed by atoms with E-state index in [2.05, 4.69) is 24.3 Å². The smallest absolute Gasteiger partial charge is 0.187 e. The lowest BCUT2D eigenvalue weighted by atomic mass is 9.98. The fourth-order valence-corrected chi connectivity index (χ4v) is 4.78. The molecule has 31 heavy (non-hydrogen) atoms. The number of hydrogen-bond donors (Lipinski definition) is 0. The highest BCUT2D eigenvalue weighted by Crippen LogP contribution is 2.34. The standard InChI is InChI=1S/C26H32O5/c1-3-9-19(10-4-1)15-27-18-23-24-25(26(31-23)30-22-13-5-2-6-14-22)29-17-21-12-8-7-11-20(21)16-28-24/h1,3-4,7-12,22-26H,2,5-6,13-18H2/t23-,24-,25+,26+/m1/s1. The topological polar surface area (TPSA) is 46.2 Å². The van der Waals surface area contributed by atoms with E-state index < -0.39 is 6.29 Å². The molecule has 0 aromatic heterocycles. The first kappa shape index (κ1) is 21.1. The van der Waals surface area contributed by atoms with Crippen molar-refractivity contribution in [2.45, 2.75) is 82.6 Å². The minimum atomic E-state index is -0.413. The Kier molecular flexibility index (Phi) is 6.97. The molecular formula is C26H32O5. The Hall–Kier alpha value is -1.76. The molecule has 4 atom stereocenters. The predicted molar refractivity (Wildman–Crippen MR) is 116 cm³/mol. The highest BCUT2D eigenvalue weighted by atomic mass is 16.7. The minimum Gasteiger partial charge on any atom is -0.374 e. The van der Waals surface area contributed by atoms with Gasteiger partial charge in [-0.05, 0) is 29.5 Å². The molecule has 1 aliphatic carbocycles. The average molecular weight is 425 g/mol. The van der Waals surface area contributed by atoms with Gasteiger partial charge < -0.3 is 23.7 Å². The van der Waals surface area contributed by atoms with Gasteiger partial charge in [-0.3, -0.25) is 0 Å². The van der Waals surface area contributed by atoms with Gasteiger partial charge in [0.25, 0.3) is 0 Å². The van der Waals surface area contributed by atoms with Crippen molar-refractivity contribution in [1.82, 2.24) is 0 Å². The summed E-state index contributed by atoms with van der Waals surface area (Å²) in [6, 6.07) is 18.5. The number of benzene rings is 2. The molecule has 2 aromatic carbocycles. The van der Waals surface area contributed by atoms with Gasteiger partial charge in [0.2, 0.25) is 0 Å². The molecule has 166 valence electrons. The summed E-state index contributed by atoms with van der Waals surface area (Å²) in [7, 11) is 0. The number of ether oxygens (including phenoxy) is 5. The van der Waals surface area contributed by atoms with E-state index in [1.807, 2.05) is 30.3 Å². The van der Waals surface area contributed by atoms with Crippen LogP contribution in [-0.4, -0.2) is 37.3 Å². The molecular weight excluding hydrogens is 392 g/mol. The minimum absolute atomic E-state index is 0.210. The van der Waals surface area contributed by atoms with Gasteiger partial charge in [-0.25, -0.2) is 0 Å². The second-order valence-corrected chi connectivity index (χ2v) is 8.76. The Morgan fingerprint density at radius 2 is 1.45 bits per heavy atom. The first-order valence-electron chi connectivity index (χ1n) is 11.6. The monoisotopic (exact) mass is 424 g/mol. The number of hydrogen-bond acceptors (Lipinski definition) is 5. The van der Waals surface area contributed by atoms with Gasteiger partial charge in [0.1, 0.15) is 18.3 Å². The summed E-state index contributed by atoms with van der Waals surface area (Å²) in [5.74, 6) is 0. The van der Waals surface area contributed by atoms with Gasteiger partial charge in [0.15, 0.2) is 6.29 Å². The van der Waals surface area contributed by atoms with Crippen LogP contribution in [0.3, 0.4) is 0 Å². The number of fused-ring (bicyclic) bond motifs is 2. The lowest BCUT2D eigenvalue weighted by Crippen LogP contribution is -2.41. The molecule has 2 heterocycles. The summed E-state index contributed by atoms with van der Waals surface area (Å²) < 4.78 is 31.5. The van der Waals surface area contributed by atoms with Crippen LogP contribution in [0.1, 0.15) is 48.8 Å². The fourth-order valence-electron chi connectivity index (χ4n) is 4.78. The van der Waals surface area contributed by atoms with Crippen molar-refractivity contribution >= 4 is 0 Å². The van der Waals surface area contributed by atoms with Crippen LogP contribution in [0.2, 0.25) is 0 Å². The largest absolute Gasteiger partial charge is 0.374 e. The molecule has 5 nitrogen and oxygen atoms in total. The molecule has 0 bridgehead atoms. The van der Waals surface area contributed by atoms with Crippen molar-refractivity contribution in [3.05, 3.63) is 71.3 Å². The van der Waals surface area contributed by atoms with Gasteiger partial charge in [-0.15, -0.1) is 0 Å². The third-order valence-corrected chi connectivity index (χ3v) is 6.52. The molecule has 0 unspecified atom stereocenters. The molecule has 5 rings (SSSR count). The molecule has 1 saturated carbocycles. The summed E-state index contributed by atoms with van der Waals surface area (Å²) in [4.78, 5) is 0. The second-order valence-electron chi connectivity index (χ2n) is 8.76. The molecule has 5 heteroatoms. The third kappa shape index (κ3) is 5.18. The lowest BCUT2D eigenvalue weighted by molar-refractivity contribution is -0.211. The molecule has 0 N–H and O–H groups in total. The van der Waals surface area contributed by atoms with Crippen molar-refractivity contribution in [3.63, 3.8) is 0 Å². The van der Waals surface area contributed by atoms with Crippen LogP contribution >= 0.6 is 0 Å². The zero-order valence-corrected chi connectivity index (χ0v) is 18.0. The Bertz CT molecular complexity index is 820. The Balaban J connectivity index is 1.28. The van der Waals surface area contributed by atoms with Crippen LogP contribution in [0.15, 0.2) is 54.6 Å². The zero-order valence-electron chi connectivity index (χ0n) is 18.0. The molecule has 2 fully saturated rings. The van der Waals surface area contributed by atoms with Gasteiger partial charge in [-0.1, -0.05) is 73.9 Å². The molecule has 3 aliphatic rings. The van der Waals surface area contributed by atoms with E-state index in [1.165, 1.54) is 30.4 Å². The van der Waals surface area contributed by atoms with Crippen molar-refractivity contribution in [3.8, 4) is 0 Å². The van der Waals surface area contributed by atoms with Crippen LogP contribution in [0, 0.1) is 0 Å². The molecule has 0 amide bonds. The van der Waals surface area contributed by atoms with Crippen LogP contribution in [0.4, 0.5) is 0 Å². The van der Waals surface area contributed by atoms with E-state index in [4.69, 9.17) is 23.7 Å². The Labute approximate surface area is 184 Å². The van der Waals surface area contributed by atoms with Crippen molar-refractivity contribution < 1.29 is 23.7 Å². The predicted octanol–water partition coefficient (Wildman–Crippen LogP) is 4.76. The third-order valence-electron chi connectivity index (χ3n) is 6.52. The van der Waals surface area contributed by atoms with Crippen molar-refractivity contribution in [2.75, 3.05) is 6.61 Å². The first-order valence-corrected chi connectivity index (χ1v) is 11.6. The molecule has 0 spiro atoms. The van der Waals surface area contributed by atoms with E-state index in [1.54, 1.807) is 0 Å². The van der Waals surface area contributed by atoms with Crippen LogP contribution < -0.4 is 0 Å². The van der Waals surface area contributed by atoms with Crippen LogP contribution in [0.5, 0.6) is 0 Å². The Morgan fingerprint density at radius 1 is 0.774 bits per heavy atom. The van der Waals surface area contributed by atoms with E-state index in [9.17, 15) is 0 Å². The van der Waals surface area contributed by atoms with Gasteiger partial charge in [0.05, 0.1) is 32.5 Å². The normalized spacial score (nSPS) is 29.0. The van der Waals surface area contributed by atoms with E-state index >= 15 is 0 Å². The highest BCUT2D eigenvalue weighted by molar-refractivity contribution is 5.26. The maximum Gasteiger partial charge on any atom is 0.187 e. The number of rotatable bonds is 6. The summed E-state index contributed by atoms with van der Waals surface area (Å²) in [6.45, 7) is 2.10. The van der Waals surface area contributed by atoms with E-state index in [-0.39, 0.29) is 24.4 Å². The van der Waals surface area contributed by atoms with Gasteiger partial charge in [-0.2, -0.15) is 0 Å². The highest BCUT2D eigenvalue weighted by Gasteiger charge is 2.48. The average Bonchev–Trinajstić information content (AvgIpc) is 3.11. The van der Waals surface area contributed by atoms with Crippen molar-refractivity contribution in [1.29, 1.82) is 0 Å². The SMILES string of the molecule is c1ccc(COC[C@H]2O[C@H](OC3CCCCC3)[C@H]3OCc4ccccc4CO[C@@H]32)cc1. The Morgan fingerprint density at radius 3 is 2.19 bits per heavy atom. The summed E-state index contributed by atoms with van der Waals surface area (Å²) in [5.41, 5.74) is 3.48. The van der Waals surface area contributed by atoms with E-state index in [0.29, 0.717) is 26.4 Å². The van der Waals surface area contributed by atoms with Crippen molar-refractivity contribution in [2.24, 2.45) is 0 Å². The van der Waals surface area contributed by atoms with Gasteiger partial charge in [0, 0.05) is 0 Å². The molecule has 2 aromatic rings. The second kappa shape index (κ2) is 10.2. The van der Waals surface area contributed by atoms with Gasteiger partial charge >= 0.3 is 0 Å². The molecule has 1 saturated heterocycles. The fraction of sp³-hybridized carbons (Fsp3) is 0.538. The zero-order chi connectivity index (χ0) is 20.9. The summed E-state index contributed by atoms with van der Waals surface area (Å²) >= 11 is 0. The van der Waals surface area contributed by atoms with Crippen LogP contribution in [0.25, 0.3) is 0 Å². The molecule has 0 radical (unpaired) electrons. The lowest BCUT2D eigenvalue weighted by Gasteiger charge is -2.30. The summed E-state index contributed by atoms with van der Waals surface area (Å²) in [6.07, 6.45) is 5.08. The maximum atomic E-state index is 6.42. The summed E-state index contributed by atoms with van der Waals surface area (Å²) in [5, 5.41) is 0. The molecule has 2 aliphatic heterocycles. The maximum absolute atomic E-state index is 6.42. The van der Waals surface area contributed by atoms with E-state index in [0.717, 1.165) is 18.4 Å². The first-order chi connectivity index (χ1) is 15.4. The van der Waals surface area contributed by atoms with Crippen LogP contribution in [-0.2, 0) is 43.5 Å². The quantitative estimate of drug-likeness (QED) is 0.669.